The highest BCUT2D eigenvalue weighted by molar-refractivity contribution is 5.70. The first kappa shape index (κ1) is 27.7. The Kier molecular flexibility index (Phi) is 7.15. The quantitative estimate of drug-likeness (QED) is 0.378. The van der Waals surface area contributed by atoms with Crippen LogP contribution in [0.3, 0.4) is 0 Å². The molecule has 2 aromatic carbocycles. The van der Waals surface area contributed by atoms with Crippen molar-refractivity contribution in [3.63, 3.8) is 0 Å². The molecule has 7 nitrogen and oxygen atoms in total. The lowest BCUT2D eigenvalue weighted by molar-refractivity contribution is -0.143. The van der Waals surface area contributed by atoms with Crippen LogP contribution in [0.5, 0.6) is 0 Å². The van der Waals surface area contributed by atoms with Gasteiger partial charge in [0.1, 0.15) is 11.9 Å². The highest BCUT2D eigenvalue weighted by atomic mass is 19.4. The Morgan fingerprint density at radius 1 is 1.05 bits per heavy atom. The molecular weight excluding hydrogens is 551 g/mol. The second kappa shape index (κ2) is 10.3. The number of aromatic nitrogens is 2. The number of fused-ring (bicyclic) bond motifs is 1. The third-order valence-corrected chi connectivity index (χ3v) is 6.90. The number of ether oxygens (including phenoxy) is 2. The zero-order valence-corrected chi connectivity index (χ0v) is 20.8. The molecule has 0 bridgehead atoms. The monoisotopic (exact) mass is 573 g/mol. The van der Waals surface area contributed by atoms with Crippen LogP contribution in [-0.2, 0) is 28.4 Å². The molecule has 3 aromatic rings. The third kappa shape index (κ3) is 5.86. The van der Waals surface area contributed by atoms with Crippen molar-refractivity contribution in [3.05, 3.63) is 92.9 Å². The van der Waals surface area contributed by atoms with E-state index in [1.54, 1.807) is 0 Å². The topological polar surface area (TPSA) is 80.6 Å². The van der Waals surface area contributed by atoms with Gasteiger partial charge in [-0.15, -0.1) is 5.10 Å². The van der Waals surface area contributed by atoms with Gasteiger partial charge in [-0.3, -0.25) is 4.90 Å². The normalized spacial score (nSPS) is 20.8. The van der Waals surface area contributed by atoms with Crippen LogP contribution in [0.2, 0.25) is 0 Å². The summed E-state index contributed by atoms with van der Waals surface area (Å²) in [5.74, 6) is -1.43. The number of hydrogen-bond acceptors (Lipinski definition) is 6. The maximum atomic E-state index is 13.7. The number of H-pyrrole nitrogens is 1. The Morgan fingerprint density at radius 2 is 1.70 bits per heavy atom. The standard InChI is InChI=1S/C26H22F7N3O4/c1-13(15-6-17(25(28,29)30)8-18(7-15)26(31,32)33)39-23-22(14-2-4-19(27)5-3-14)20-10-36(9-16(20)12-38-23)11-21-34-35-24(37)40-21/h2-8,13,16,20H,9-12H2,1H3,(H,35,37)/t13-,16+,20-/m1/s1. The minimum atomic E-state index is -5.01. The highest BCUT2D eigenvalue weighted by Gasteiger charge is 2.43. The number of nitrogens with one attached hydrogen (secondary N) is 1. The van der Waals surface area contributed by atoms with E-state index in [-0.39, 0.29) is 48.5 Å². The van der Waals surface area contributed by atoms with E-state index in [0.717, 1.165) is 0 Å². The van der Waals surface area contributed by atoms with E-state index in [1.165, 1.54) is 31.2 Å². The van der Waals surface area contributed by atoms with Crippen LogP contribution in [0.15, 0.2) is 57.6 Å². The Labute approximate surface area is 222 Å². The average molecular weight is 573 g/mol. The number of rotatable bonds is 6. The fourth-order valence-corrected chi connectivity index (χ4v) is 5.02. The molecule has 14 heteroatoms. The average Bonchev–Trinajstić information content (AvgIpc) is 3.48. The second-order valence-corrected chi connectivity index (χ2v) is 9.69. The largest absolute Gasteiger partial charge is 0.465 e. The molecule has 0 spiro atoms. The van der Waals surface area contributed by atoms with Crippen LogP contribution in [0.4, 0.5) is 30.7 Å². The summed E-state index contributed by atoms with van der Waals surface area (Å²) in [4.78, 5) is 13.2. The van der Waals surface area contributed by atoms with Gasteiger partial charge in [0.2, 0.25) is 5.89 Å². The number of likely N-dealkylation sites (tertiary alicyclic amines) is 1. The van der Waals surface area contributed by atoms with E-state index >= 15 is 0 Å². The van der Waals surface area contributed by atoms with Crippen LogP contribution < -0.4 is 5.76 Å². The molecule has 1 saturated heterocycles. The van der Waals surface area contributed by atoms with Crippen LogP contribution in [0.1, 0.15) is 41.2 Å². The Morgan fingerprint density at radius 3 is 2.27 bits per heavy atom. The molecule has 1 N–H and O–H groups in total. The Bertz CT molecular complexity index is 1430. The lowest BCUT2D eigenvalue weighted by Gasteiger charge is -2.32. The first-order valence-corrected chi connectivity index (χ1v) is 12.1. The van der Waals surface area contributed by atoms with E-state index < -0.39 is 41.2 Å². The molecule has 214 valence electrons. The maximum absolute atomic E-state index is 13.7. The molecule has 2 aliphatic heterocycles. The molecular formula is C26H22F7N3O4. The number of aromatic amines is 1. The summed E-state index contributed by atoms with van der Waals surface area (Å²) in [5.41, 5.74) is -2.24. The van der Waals surface area contributed by atoms with Crippen molar-refractivity contribution in [2.45, 2.75) is 31.9 Å². The van der Waals surface area contributed by atoms with Crippen molar-refractivity contribution in [2.24, 2.45) is 11.8 Å². The Balaban J connectivity index is 1.49. The van der Waals surface area contributed by atoms with E-state index in [2.05, 4.69) is 10.2 Å². The van der Waals surface area contributed by atoms with E-state index in [4.69, 9.17) is 13.9 Å². The van der Waals surface area contributed by atoms with Gasteiger partial charge >= 0.3 is 18.1 Å². The molecule has 0 unspecified atom stereocenters. The van der Waals surface area contributed by atoms with E-state index in [0.29, 0.717) is 36.4 Å². The van der Waals surface area contributed by atoms with Crippen LogP contribution in [-0.4, -0.2) is 34.8 Å². The fourth-order valence-electron chi connectivity index (χ4n) is 5.02. The summed E-state index contributed by atoms with van der Waals surface area (Å²) >= 11 is 0. The molecule has 3 atom stereocenters. The zero-order valence-electron chi connectivity index (χ0n) is 20.8. The molecule has 0 aliphatic carbocycles. The first-order valence-electron chi connectivity index (χ1n) is 12.1. The van der Waals surface area contributed by atoms with Crippen LogP contribution in [0, 0.1) is 17.7 Å². The molecule has 1 fully saturated rings. The molecule has 2 aliphatic rings. The summed E-state index contributed by atoms with van der Waals surface area (Å²) in [5, 5.41) is 5.99. The van der Waals surface area contributed by atoms with Crippen LogP contribution in [0.25, 0.3) is 5.57 Å². The number of benzene rings is 2. The van der Waals surface area contributed by atoms with Crippen molar-refractivity contribution in [1.82, 2.24) is 15.1 Å². The molecule has 0 amide bonds. The van der Waals surface area contributed by atoms with Crippen molar-refractivity contribution in [2.75, 3.05) is 19.7 Å². The smallest absolute Gasteiger partial charge is 0.434 e. The van der Waals surface area contributed by atoms with Gasteiger partial charge < -0.3 is 13.9 Å². The first-order chi connectivity index (χ1) is 18.8. The summed E-state index contributed by atoms with van der Waals surface area (Å²) in [6, 6.07) is 6.70. The summed E-state index contributed by atoms with van der Waals surface area (Å²) in [7, 11) is 0. The van der Waals surface area contributed by atoms with Gasteiger partial charge in [0, 0.05) is 30.5 Å². The highest BCUT2D eigenvalue weighted by Crippen LogP contribution is 2.44. The molecule has 40 heavy (non-hydrogen) atoms. The zero-order chi connectivity index (χ0) is 28.8. The predicted octanol–water partition coefficient (Wildman–Crippen LogP) is 5.76. The number of nitrogens with zero attached hydrogens (tertiary/aromatic N) is 2. The van der Waals surface area contributed by atoms with Gasteiger partial charge in [-0.1, -0.05) is 12.1 Å². The Hall–Kier alpha value is -3.81. The van der Waals surface area contributed by atoms with Gasteiger partial charge in [0.15, 0.2) is 0 Å². The van der Waals surface area contributed by atoms with Gasteiger partial charge in [0.25, 0.3) is 5.95 Å². The van der Waals surface area contributed by atoms with Gasteiger partial charge in [-0.05, 0) is 48.4 Å². The molecule has 0 saturated carbocycles. The predicted molar refractivity (Wildman–Crippen MR) is 125 cm³/mol. The lowest BCUT2D eigenvalue weighted by Crippen LogP contribution is -2.27. The molecule has 3 heterocycles. The summed E-state index contributed by atoms with van der Waals surface area (Å²) in [6.07, 6.45) is -11.3. The third-order valence-electron chi connectivity index (χ3n) is 6.90. The maximum Gasteiger partial charge on any atom is 0.434 e. The van der Waals surface area contributed by atoms with Crippen molar-refractivity contribution in [1.29, 1.82) is 0 Å². The summed E-state index contributed by atoms with van der Waals surface area (Å²) < 4.78 is 111. The molecule has 5 rings (SSSR count). The minimum Gasteiger partial charge on any atom is -0.465 e. The van der Waals surface area contributed by atoms with E-state index in [1.807, 2.05) is 4.90 Å². The molecule has 0 radical (unpaired) electrons. The van der Waals surface area contributed by atoms with Crippen molar-refractivity contribution in [3.8, 4) is 0 Å². The van der Waals surface area contributed by atoms with Gasteiger partial charge in [-0.2, -0.15) is 26.3 Å². The number of alkyl halides is 6. The lowest BCUT2D eigenvalue weighted by atomic mass is 9.84. The van der Waals surface area contributed by atoms with Crippen molar-refractivity contribution < 1.29 is 44.6 Å². The van der Waals surface area contributed by atoms with Gasteiger partial charge in [-0.25, -0.2) is 14.3 Å². The van der Waals surface area contributed by atoms with Crippen LogP contribution >= 0.6 is 0 Å². The fraction of sp³-hybridized carbons (Fsp3) is 0.385. The number of hydrogen-bond donors (Lipinski definition) is 1. The SMILES string of the molecule is C[C@@H](OC1=C(c2ccc(F)cc2)[C@@H]2CN(Cc3n[nH]c(=O)o3)C[C@H]2CO1)c1cc(C(F)(F)F)cc(C(F)(F)F)c1. The van der Waals surface area contributed by atoms with Gasteiger partial charge in [0.05, 0.1) is 24.3 Å². The molecule has 1 aromatic heterocycles. The number of halogens is 7. The summed E-state index contributed by atoms with van der Waals surface area (Å²) in [6.45, 7) is 2.60. The van der Waals surface area contributed by atoms with E-state index in [9.17, 15) is 35.5 Å². The second-order valence-electron chi connectivity index (χ2n) is 9.69. The minimum absolute atomic E-state index is 0.0513. The van der Waals surface area contributed by atoms with Crippen molar-refractivity contribution >= 4 is 5.57 Å².